The Balaban J connectivity index is 1.76. The summed E-state index contributed by atoms with van der Waals surface area (Å²) in [6.45, 7) is 7.96. The molecular formula is C12H22N2O4S. The Kier molecular flexibility index (Phi) is 3.79. The number of hydrogen-bond acceptors (Lipinski definition) is 5. The fourth-order valence-corrected chi connectivity index (χ4v) is 3.48. The predicted octanol–water partition coefficient (Wildman–Crippen LogP) is 0.336. The second-order valence-electron chi connectivity index (χ2n) is 6.23. The molecule has 6 nitrogen and oxygen atoms in total. The molecule has 2 fully saturated rings. The van der Waals surface area contributed by atoms with Gasteiger partial charge in [-0.15, -0.1) is 0 Å². The maximum absolute atomic E-state index is 11.8. The Morgan fingerprint density at radius 2 is 1.68 bits per heavy atom. The minimum atomic E-state index is -2.83. The Morgan fingerprint density at radius 1 is 1.16 bits per heavy atom. The van der Waals surface area contributed by atoms with E-state index in [1.54, 1.807) is 4.90 Å². The molecule has 0 N–H and O–H groups in total. The third-order valence-electron chi connectivity index (χ3n) is 3.41. The zero-order valence-electron chi connectivity index (χ0n) is 11.8. The van der Waals surface area contributed by atoms with E-state index in [-0.39, 0.29) is 23.6 Å². The highest BCUT2D eigenvalue weighted by molar-refractivity contribution is 7.91. The molecule has 2 aliphatic heterocycles. The number of nitrogens with zero attached hydrogens (tertiary/aromatic N) is 2. The van der Waals surface area contributed by atoms with Gasteiger partial charge in [0, 0.05) is 32.2 Å². The Labute approximate surface area is 114 Å². The molecule has 2 heterocycles. The van der Waals surface area contributed by atoms with Crippen LogP contribution in [0, 0.1) is 0 Å². The molecule has 0 aromatic heterocycles. The van der Waals surface area contributed by atoms with Crippen molar-refractivity contribution in [3.05, 3.63) is 0 Å². The minimum absolute atomic E-state index is 0.232. The lowest BCUT2D eigenvalue weighted by molar-refractivity contribution is -0.0138. The summed E-state index contributed by atoms with van der Waals surface area (Å²) >= 11 is 0. The van der Waals surface area contributed by atoms with Crippen LogP contribution in [0.1, 0.15) is 20.8 Å². The average molecular weight is 290 g/mol. The maximum atomic E-state index is 11.8. The van der Waals surface area contributed by atoms with Gasteiger partial charge in [-0.25, -0.2) is 13.2 Å². The fourth-order valence-electron chi connectivity index (χ4n) is 2.25. The van der Waals surface area contributed by atoms with Gasteiger partial charge in [0.15, 0.2) is 9.84 Å². The van der Waals surface area contributed by atoms with E-state index in [0.717, 1.165) is 0 Å². The van der Waals surface area contributed by atoms with Gasteiger partial charge in [0.25, 0.3) is 0 Å². The van der Waals surface area contributed by atoms with Crippen LogP contribution in [0.2, 0.25) is 0 Å². The number of carbonyl (C=O) groups excluding carboxylic acids is 1. The van der Waals surface area contributed by atoms with Gasteiger partial charge < -0.3 is 9.64 Å². The number of carbonyl (C=O) groups is 1. The van der Waals surface area contributed by atoms with Crippen molar-refractivity contribution in [2.24, 2.45) is 0 Å². The summed E-state index contributed by atoms with van der Waals surface area (Å²) in [6, 6.07) is 0.281. The van der Waals surface area contributed by atoms with Gasteiger partial charge in [-0.1, -0.05) is 0 Å². The van der Waals surface area contributed by atoms with Crippen LogP contribution < -0.4 is 0 Å². The van der Waals surface area contributed by atoms with Crippen molar-refractivity contribution in [3.8, 4) is 0 Å². The van der Waals surface area contributed by atoms with E-state index in [0.29, 0.717) is 26.2 Å². The van der Waals surface area contributed by atoms with Crippen LogP contribution in [-0.4, -0.2) is 73.6 Å². The van der Waals surface area contributed by atoms with Crippen molar-refractivity contribution in [2.45, 2.75) is 32.4 Å². The van der Waals surface area contributed by atoms with Gasteiger partial charge in [-0.2, -0.15) is 0 Å². The minimum Gasteiger partial charge on any atom is -0.444 e. The van der Waals surface area contributed by atoms with Gasteiger partial charge in [0.05, 0.1) is 11.5 Å². The average Bonchev–Trinajstić information content (AvgIpc) is 2.15. The Bertz CT molecular complexity index is 435. The van der Waals surface area contributed by atoms with Gasteiger partial charge in [0.2, 0.25) is 0 Å². The summed E-state index contributed by atoms with van der Waals surface area (Å²) in [5, 5.41) is 0. The number of likely N-dealkylation sites (tertiary alicyclic amines) is 1. The lowest BCUT2D eigenvalue weighted by Crippen LogP contribution is -2.63. The third kappa shape index (κ3) is 3.82. The molecule has 2 saturated heterocycles. The smallest absolute Gasteiger partial charge is 0.410 e. The van der Waals surface area contributed by atoms with E-state index >= 15 is 0 Å². The standard InChI is InChI=1S/C12H22N2O4S/c1-12(2,3)18-11(15)14-8-10(9-14)13-4-6-19(16,17)7-5-13/h10H,4-9H2,1-3H3. The third-order valence-corrected chi connectivity index (χ3v) is 5.02. The number of amides is 1. The van der Waals surface area contributed by atoms with E-state index in [1.165, 1.54) is 0 Å². The summed E-state index contributed by atoms with van der Waals surface area (Å²) in [6.07, 6.45) is -0.284. The van der Waals surface area contributed by atoms with E-state index < -0.39 is 15.4 Å². The van der Waals surface area contributed by atoms with Crippen LogP contribution in [0.25, 0.3) is 0 Å². The molecule has 0 radical (unpaired) electrons. The molecule has 110 valence electrons. The lowest BCUT2D eigenvalue weighted by atomic mass is 10.1. The van der Waals surface area contributed by atoms with Gasteiger partial charge in [0.1, 0.15) is 5.60 Å². The Hall–Kier alpha value is -0.820. The number of rotatable bonds is 1. The number of hydrogen-bond donors (Lipinski definition) is 0. The van der Waals surface area contributed by atoms with Gasteiger partial charge in [-0.3, -0.25) is 4.90 Å². The molecule has 0 unspecified atom stereocenters. The highest BCUT2D eigenvalue weighted by Crippen LogP contribution is 2.20. The van der Waals surface area contributed by atoms with Crippen LogP contribution in [0.3, 0.4) is 0 Å². The van der Waals surface area contributed by atoms with Crippen molar-refractivity contribution >= 4 is 15.9 Å². The summed E-state index contributed by atoms with van der Waals surface area (Å²) < 4.78 is 28.0. The Morgan fingerprint density at radius 3 is 2.16 bits per heavy atom. The van der Waals surface area contributed by atoms with Crippen molar-refractivity contribution in [3.63, 3.8) is 0 Å². The van der Waals surface area contributed by atoms with Crippen LogP contribution in [0.15, 0.2) is 0 Å². The zero-order chi connectivity index (χ0) is 14.3. The zero-order valence-corrected chi connectivity index (χ0v) is 12.6. The molecule has 0 aromatic carbocycles. The highest BCUT2D eigenvalue weighted by Gasteiger charge is 2.38. The molecule has 7 heteroatoms. The summed E-state index contributed by atoms with van der Waals surface area (Å²) in [5.41, 5.74) is -0.471. The summed E-state index contributed by atoms with van der Waals surface area (Å²) in [4.78, 5) is 15.6. The van der Waals surface area contributed by atoms with Gasteiger partial charge >= 0.3 is 6.09 Å². The van der Waals surface area contributed by atoms with E-state index in [4.69, 9.17) is 4.74 Å². The highest BCUT2D eigenvalue weighted by atomic mass is 32.2. The van der Waals surface area contributed by atoms with Crippen molar-refractivity contribution in [2.75, 3.05) is 37.7 Å². The molecular weight excluding hydrogens is 268 g/mol. The predicted molar refractivity (Wildman–Crippen MR) is 71.8 cm³/mol. The van der Waals surface area contributed by atoms with E-state index in [1.807, 2.05) is 20.8 Å². The first-order chi connectivity index (χ1) is 8.66. The molecule has 2 aliphatic rings. The normalized spacial score (nSPS) is 24.9. The maximum Gasteiger partial charge on any atom is 0.410 e. The molecule has 0 saturated carbocycles. The first-order valence-corrected chi connectivity index (χ1v) is 8.41. The molecule has 0 atom stereocenters. The van der Waals surface area contributed by atoms with Crippen molar-refractivity contribution in [1.82, 2.24) is 9.80 Å². The first-order valence-electron chi connectivity index (χ1n) is 6.59. The molecule has 1 amide bonds. The second kappa shape index (κ2) is 4.94. The van der Waals surface area contributed by atoms with E-state index in [9.17, 15) is 13.2 Å². The van der Waals surface area contributed by atoms with Crippen LogP contribution in [0.4, 0.5) is 4.79 Å². The first kappa shape index (κ1) is 14.6. The number of ether oxygens (including phenoxy) is 1. The molecule has 0 spiro atoms. The van der Waals surface area contributed by atoms with Crippen molar-refractivity contribution in [1.29, 1.82) is 0 Å². The van der Waals surface area contributed by atoms with Crippen LogP contribution in [0.5, 0.6) is 0 Å². The monoisotopic (exact) mass is 290 g/mol. The molecule has 2 rings (SSSR count). The second-order valence-corrected chi connectivity index (χ2v) is 8.53. The summed E-state index contributed by atoms with van der Waals surface area (Å²) in [5.74, 6) is 0.464. The lowest BCUT2D eigenvalue weighted by Gasteiger charge is -2.46. The van der Waals surface area contributed by atoms with Crippen LogP contribution >= 0.6 is 0 Å². The van der Waals surface area contributed by atoms with Crippen LogP contribution in [-0.2, 0) is 14.6 Å². The fraction of sp³-hybridized carbons (Fsp3) is 0.917. The SMILES string of the molecule is CC(C)(C)OC(=O)N1CC(N2CCS(=O)(=O)CC2)C1. The quantitative estimate of drug-likeness (QED) is 0.696. The summed E-state index contributed by atoms with van der Waals surface area (Å²) in [7, 11) is -2.83. The molecule has 19 heavy (non-hydrogen) atoms. The topological polar surface area (TPSA) is 66.9 Å². The molecule has 0 bridgehead atoms. The van der Waals surface area contributed by atoms with Gasteiger partial charge in [-0.05, 0) is 20.8 Å². The largest absolute Gasteiger partial charge is 0.444 e. The molecule has 0 aromatic rings. The van der Waals surface area contributed by atoms with Crippen molar-refractivity contribution < 1.29 is 17.9 Å². The molecule has 0 aliphatic carbocycles. The number of sulfone groups is 1. The van der Waals surface area contributed by atoms with E-state index in [2.05, 4.69) is 4.90 Å².